The summed E-state index contributed by atoms with van der Waals surface area (Å²) in [6, 6.07) is 36.4. The van der Waals surface area contributed by atoms with E-state index in [0.717, 1.165) is 45.9 Å². The molecule has 0 unspecified atom stereocenters. The molecule has 4 aromatic rings. The third-order valence-corrected chi connectivity index (χ3v) is 19.7. The number of thioether (sulfide) groups is 1. The highest BCUT2D eigenvalue weighted by Gasteiger charge is 2.56. The van der Waals surface area contributed by atoms with Crippen molar-refractivity contribution in [2.45, 2.75) is 126 Å². The predicted octanol–water partition coefficient (Wildman–Crippen LogP) is 12.2. The van der Waals surface area contributed by atoms with Crippen molar-refractivity contribution in [1.82, 2.24) is 0 Å². The van der Waals surface area contributed by atoms with Gasteiger partial charge < -0.3 is 37.6 Å². The van der Waals surface area contributed by atoms with Gasteiger partial charge in [0.05, 0.1) is 34.0 Å². The Morgan fingerprint density at radius 2 is 1.31 bits per heavy atom. The van der Waals surface area contributed by atoms with Crippen LogP contribution in [0.25, 0.3) is 0 Å². The number of methoxy groups -OCH3 is 3. The third kappa shape index (κ3) is 12.8. The smallest absolute Gasteiger partial charge is 0.200 e. The van der Waals surface area contributed by atoms with Crippen LogP contribution in [-0.4, -0.2) is 72.1 Å². The van der Waals surface area contributed by atoms with E-state index in [4.69, 9.17) is 37.6 Å². The Morgan fingerprint density at radius 1 is 0.754 bits per heavy atom. The maximum absolute atomic E-state index is 15.5. The van der Waals surface area contributed by atoms with Crippen molar-refractivity contribution in [2.75, 3.05) is 34.7 Å². The lowest BCUT2D eigenvalue weighted by Gasteiger charge is -2.48. The highest BCUT2D eigenvalue weighted by molar-refractivity contribution is 8.00. The van der Waals surface area contributed by atoms with Crippen molar-refractivity contribution in [2.24, 2.45) is 17.3 Å². The molecule has 11 heteroatoms. The van der Waals surface area contributed by atoms with E-state index in [0.29, 0.717) is 13.0 Å². The van der Waals surface area contributed by atoms with Crippen molar-refractivity contribution >= 4 is 25.9 Å². The SMILES string of the molecule is COCO[C@H]1C(=O)C[C@@H]([C@](OCc2ccccc2)(OCc2ccc(OC)cc2)[C@@H](CCO[Si](C)(C)C(C)(C)C)OCc2ccc(OC)cc2)[C@H](Sc2ccccc2)/C=C2/CC[C@H]1C2(C)C. The van der Waals surface area contributed by atoms with Crippen molar-refractivity contribution < 1.29 is 42.4 Å². The normalized spacial score (nSPS) is 22.2. The fourth-order valence-electron chi connectivity index (χ4n) is 8.87. The maximum Gasteiger partial charge on any atom is 0.200 e. The first-order valence-corrected chi connectivity index (χ1v) is 26.8. The molecule has 0 aromatic heterocycles. The number of ketones is 1. The zero-order valence-electron chi connectivity index (χ0n) is 40.3. The van der Waals surface area contributed by atoms with Gasteiger partial charge in [-0.25, -0.2) is 0 Å². The maximum atomic E-state index is 15.5. The van der Waals surface area contributed by atoms with Crippen molar-refractivity contribution in [3.63, 3.8) is 0 Å². The summed E-state index contributed by atoms with van der Waals surface area (Å²) in [5.41, 5.74) is 3.83. The molecule has 6 rings (SSSR count). The fraction of sp³-hybridized carbons (Fsp3) is 0.500. The molecule has 6 atom stereocenters. The molecule has 2 bridgehead atoms. The number of hydrogen-bond donors (Lipinski definition) is 0. The molecule has 0 heterocycles. The molecule has 2 aliphatic rings. The van der Waals surface area contributed by atoms with E-state index in [1.54, 1.807) is 33.1 Å². The lowest BCUT2D eigenvalue weighted by Crippen LogP contribution is -2.58. The Balaban J connectivity index is 1.59. The summed E-state index contributed by atoms with van der Waals surface area (Å²) in [5, 5.41) is -0.314. The number of carbonyl (C=O) groups is 1. The molecule has 0 radical (unpaired) electrons. The second-order valence-corrected chi connectivity index (χ2v) is 25.5. The summed E-state index contributed by atoms with van der Waals surface area (Å²) in [6.07, 6.45) is 3.22. The van der Waals surface area contributed by atoms with Gasteiger partial charge in [0, 0.05) is 48.5 Å². The van der Waals surface area contributed by atoms with Gasteiger partial charge >= 0.3 is 0 Å². The molecule has 0 N–H and O–H groups in total. The summed E-state index contributed by atoms with van der Waals surface area (Å²) < 4.78 is 52.4. The highest BCUT2D eigenvalue weighted by atomic mass is 32.2. The van der Waals surface area contributed by atoms with Gasteiger partial charge in [0.1, 0.15) is 30.5 Å². The second kappa shape index (κ2) is 22.8. The second-order valence-electron chi connectivity index (χ2n) is 19.4. The van der Waals surface area contributed by atoms with Crippen LogP contribution in [0.5, 0.6) is 11.5 Å². The Morgan fingerprint density at radius 3 is 1.86 bits per heavy atom. The topological polar surface area (TPSA) is 90.9 Å². The molecule has 1 saturated carbocycles. The quantitative estimate of drug-likeness (QED) is 0.0431. The zero-order chi connectivity index (χ0) is 46.7. The molecule has 0 saturated heterocycles. The summed E-state index contributed by atoms with van der Waals surface area (Å²) >= 11 is 1.74. The number of carbonyl (C=O) groups excluding carboxylic acids is 1. The number of Topliss-reactive ketones (excluding diaryl/α,β-unsaturated/α-hetero) is 1. The van der Waals surface area contributed by atoms with Gasteiger partial charge in [-0.2, -0.15) is 0 Å². The molecule has 4 aromatic carbocycles. The van der Waals surface area contributed by atoms with E-state index < -0.39 is 32.2 Å². The van der Waals surface area contributed by atoms with Gasteiger partial charge in [-0.1, -0.05) is 119 Å². The van der Waals surface area contributed by atoms with E-state index >= 15 is 4.79 Å². The van der Waals surface area contributed by atoms with E-state index in [2.05, 4.69) is 90.2 Å². The Labute approximate surface area is 394 Å². The first kappa shape index (κ1) is 50.6. The van der Waals surface area contributed by atoms with Crippen molar-refractivity contribution in [1.29, 1.82) is 0 Å². The first-order chi connectivity index (χ1) is 31.1. The summed E-state index contributed by atoms with van der Waals surface area (Å²) in [6.45, 7) is 16.9. The first-order valence-electron chi connectivity index (χ1n) is 23.0. The molecule has 0 amide bonds. The number of allylic oxidation sites excluding steroid dienone is 1. The number of ether oxygens (including phenoxy) is 7. The minimum absolute atomic E-state index is 0.00695. The molecular formula is C54H72O9SSi. The highest BCUT2D eigenvalue weighted by Crippen LogP contribution is 2.54. The summed E-state index contributed by atoms with van der Waals surface area (Å²) in [7, 11) is 2.71. The van der Waals surface area contributed by atoms with Crippen LogP contribution in [0.3, 0.4) is 0 Å². The standard InChI is InChI=1S/C54H72O9SSi/c1-52(2,3)65(9,10)63-32-31-50(59-35-40-21-26-43(57-7)27-22-40)54(61-36-39-17-13-11-14-18-39,62-37-41-23-28-44(58-8)29-24-41)47-34-48(55)51(60-38-56-6)46-30-25-42(53(46,4)5)33-49(47)64-45-19-15-12-16-20-45/h11-24,26-29,33,46-47,49-51H,25,30-32,34-38H2,1-10H3/b42-33-/t46-,47-,49-,50-,51-,54+/m1/s1. The number of hydrogen-bond acceptors (Lipinski definition) is 10. The van der Waals surface area contributed by atoms with Crippen LogP contribution in [0.15, 0.2) is 126 Å². The number of rotatable bonds is 22. The average Bonchev–Trinajstić information content (AvgIpc) is 3.60. The minimum atomic E-state index is -2.22. The lowest BCUT2D eigenvalue weighted by molar-refractivity contribution is -0.330. The summed E-state index contributed by atoms with van der Waals surface area (Å²) in [5.74, 6) is -0.664. The minimum Gasteiger partial charge on any atom is -0.497 e. The molecule has 0 spiro atoms. The average molecular weight is 925 g/mol. The third-order valence-electron chi connectivity index (χ3n) is 13.9. The van der Waals surface area contributed by atoms with Crippen LogP contribution in [-0.2, 0) is 52.7 Å². The van der Waals surface area contributed by atoms with Crippen LogP contribution in [0.2, 0.25) is 18.1 Å². The molecule has 352 valence electrons. The Kier molecular flexibility index (Phi) is 17.8. The molecule has 0 aliphatic heterocycles. The number of benzene rings is 4. The largest absolute Gasteiger partial charge is 0.497 e. The van der Waals surface area contributed by atoms with Crippen LogP contribution in [0.1, 0.15) is 77.0 Å². The van der Waals surface area contributed by atoms with Crippen molar-refractivity contribution in [3.05, 3.63) is 138 Å². The van der Waals surface area contributed by atoms with Gasteiger partial charge in [0.25, 0.3) is 0 Å². The molecule has 9 nitrogen and oxygen atoms in total. The van der Waals surface area contributed by atoms with E-state index in [1.165, 1.54) is 5.57 Å². The van der Waals surface area contributed by atoms with E-state index in [-0.39, 0.29) is 60.4 Å². The van der Waals surface area contributed by atoms with E-state index in [9.17, 15) is 0 Å². The van der Waals surface area contributed by atoms with Crippen LogP contribution >= 0.6 is 11.8 Å². The lowest BCUT2D eigenvalue weighted by atomic mass is 9.75. The van der Waals surface area contributed by atoms with Crippen LogP contribution < -0.4 is 9.47 Å². The van der Waals surface area contributed by atoms with Crippen molar-refractivity contribution in [3.8, 4) is 11.5 Å². The van der Waals surface area contributed by atoms with E-state index in [1.807, 2.05) is 72.8 Å². The monoisotopic (exact) mass is 924 g/mol. The molecular weight excluding hydrogens is 853 g/mol. The molecule has 1 fully saturated rings. The fourth-order valence-corrected chi connectivity index (χ4v) is 11.2. The Hall–Kier alpha value is -3.78. The number of fused-ring (bicyclic) bond motifs is 2. The van der Waals surface area contributed by atoms with Gasteiger partial charge in [0.2, 0.25) is 0 Å². The zero-order valence-corrected chi connectivity index (χ0v) is 42.1. The van der Waals surface area contributed by atoms with Crippen LogP contribution in [0, 0.1) is 17.3 Å². The Bertz CT molecular complexity index is 2100. The molecule has 2 aliphatic carbocycles. The van der Waals surface area contributed by atoms with Gasteiger partial charge in [-0.15, -0.1) is 11.8 Å². The van der Waals surface area contributed by atoms with Gasteiger partial charge in [-0.05, 0) is 89.5 Å². The predicted molar refractivity (Wildman–Crippen MR) is 262 cm³/mol. The molecule has 65 heavy (non-hydrogen) atoms. The van der Waals surface area contributed by atoms with Gasteiger partial charge in [-0.3, -0.25) is 4.79 Å². The van der Waals surface area contributed by atoms with Crippen LogP contribution in [0.4, 0.5) is 0 Å². The summed E-state index contributed by atoms with van der Waals surface area (Å²) in [4.78, 5) is 16.6. The van der Waals surface area contributed by atoms with Gasteiger partial charge in [0.15, 0.2) is 19.9 Å².